The van der Waals surface area contributed by atoms with Crippen LogP contribution in [0.5, 0.6) is 11.5 Å². The van der Waals surface area contributed by atoms with Crippen LogP contribution >= 0.6 is 11.8 Å². The van der Waals surface area contributed by atoms with E-state index in [1.54, 1.807) is 45.1 Å². The minimum Gasteiger partial charge on any atom is -0.497 e. The molecule has 0 spiro atoms. The summed E-state index contributed by atoms with van der Waals surface area (Å²) in [5.41, 5.74) is 2.25. The summed E-state index contributed by atoms with van der Waals surface area (Å²) in [6, 6.07) is 4.73. The maximum atomic E-state index is 13.5. The molecule has 2 atom stereocenters. The van der Waals surface area contributed by atoms with Crippen molar-refractivity contribution in [2.24, 2.45) is 10.9 Å². The van der Waals surface area contributed by atoms with E-state index in [1.165, 1.54) is 18.9 Å². The second-order valence-corrected chi connectivity index (χ2v) is 9.94. The van der Waals surface area contributed by atoms with Gasteiger partial charge in [-0.25, -0.2) is 9.79 Å². The van der Waals surface area contributed by atoms with Crippen molar-refractivity contribution in [1.82, 2.24) is 9.80 Å². The van der Waals surface area contributed by atoms with Crippen LogP contribution < -0.4 is 9.47 Å². The van der Waals surface area contributed by atoms with Crippen molar-refractivity contribution in [3.8, 4) is 11.5 Å². The zero-order chi connectivity index (χ0) is 27.4. The number of thioether (sulfide) groups is 1. The highest BCUT2D eigenvalue weighted by atomic mass is 32.2. The molecule has 3 aliphatic heterocycles. The summed E-state index contributed by atoms with van der Waals surface area (Å²) in [7, 11) is 4.46. The van der Waals surface area contributed by atoms with Crippen LogP contribution in [0.25, 0.3) is 0 Å². The van der Waals surface area contributed by atoms with Gasteiger partial charge in [-0.1, -0.05) is 11.8 Å². The smallest absolute Gasteiger partial charge is 0.338 e. The summed E-state index contributed by atoms with van der Waals surface area (Å²) in [5.74, 6) is -0.0531. The molecule has 3 aliphatic rings. The number of methoxy groups -OCH3 is 3. The SMILES string of the molecule is CCOC(=O)[C@@H]1CCCN(C(=O)CC2=CSC3=NC(C)=C(C(=O)OC)[C@@H](c4cc(OC)ccc4OC)N23)C1. The lowest BCUT2D eigenvalue weighted by Crippen LogP contribution is -2.44. The lowest BCUT2D eigenvalue weighted by Gasteiger charge is -2.37. The van der Waals surface area contributed by atoms with E-state index in [2.05, 4.69) is 4.99 Å². The molecule has 38 heavy (non-hydrogen) atoms. The second-order valence-electron chi connectivity index (χ2n) is 9.10. The van der Waals surface area contributed by atoms with E-state index < -0.39 is 12.0 Å². The third-order valence-electron chi connectivity index (χ3n) is 6.86. The number of hydrogen-bond donors (Lipinski definition) is 0. The van der Waals surface area contributed by atoms with Crippen molar-refractivity contribution >= 4 is 34.8 Å². The first-order valence-electron chi connectivity index (χ1n) is 12.5. The molecule has 0 radical (unpaired) electrons. The van der Waals surface area contributed by atoms with Crippen molar-refractivity contribution in [2.45, 2.75) is 39.2 Å². The summed E-state index contributed by atoms with van der Waals surface area (Å²) in [6.45, 7) is 4.77. The molecule has 0 aliphatic carbocycles. The van der Waals surface area contributed by atoms with Gasteiger partial charge in [0.15, 0.2) is 5.17 Å². The molecule has 1 saturated heterocycles. The molecule has 1 fully saturated rings. The number of aliphatic imine (C=N–C) groups is 1. The fraction of sp³-hybridized carbons (Fsp3) is 0.481. The van der Waals surface area contributed by atoms with Crippen LogP contribution in [-0.4, -0.2) is 73.8 Å². The topological polar surface area (TPSA) is 107 Å². The maximum absolute atomic E-state index is 13.5. The molecule has 10 nitrogen and oxygen atoms in total. The summed E-state index contributed by atoms with van der Waals surface area (Å²) in [5, 5.41) is 2.53. The van der Waals surface area contributed by atoms with Crippen molar-refractivity contribution in [1.29, 1.82) is 0 Å². The summed E-state index contributed by atoms with van der Waals surface area (Å²) in [6.07, 6.45) is 1.52. The molecule has 0 saturated carbocycles. The molecular weight excluding hydrogens is 510 g/mol. The molecule has 0 unspecified atom stereocenters. The Kier molecular flexibility index (Phi) is 8.65. The Labute approximate surface area is 226 Å². The highest BCUT2D eigenvalue weighted by Crippen LogP contribution is 2.47. The Morgan fingerprint density at radius 3 is 2.63 bits per heavy atom. The number of fused-ring (bicyclic) bond motifs is 1. The number of esters is 2. The molecule has 1 amide bonds. The first kappa shape index (κ1) is 27.6. The monoisotopic (exact) mass is 543 g/mol. The standard InChI is InChI=1S/C27H33N3O7S/c1-6-37-25(32)17-8-7-11-29(14-17)22(31)12-18-15-38-27-28-16(2)23(26(33)36-5)24(30(18)27)20-13-19(34-3)9-10-21(20)35-4/h9-10,13,15,17,24H,6-8,11-12,14H2,1-5H3/t17-,24-/m1/s1. The van der Waals surface area contributed by atoms with Gasteiger partial charge in [-0.05, 0) is 50.3 Å². The Bertz CT molecular complexity index is 1210. The molecule has 1 aromatic rings. The van der Waals surface area contributed by atoms with E-state index in [9.17, 15) is 14.4 Å². The number of piperidine rings is 1. The van der Waals surface area contributed by atoms with Gasteiger partial charge in [0.25, 0.3) is 0 Å². The number of ether oxygens (including phenoxy) is 4. The van der Waals surface area contributed by atoms with Crippen LogP contribution in [0, 0.1) is 5.92 Å². The molecular formula is C27H33N3O7S. The Hall–Kier alpha value is -3.47. The maximum Gasteiger partial charge on any atom is 0.338 e. The molecule has 11 heteroatoms. The lowest BCUT2D eigenvalue weighted by molar-refractivity contribution is -0.151. The van der Waals surface area contributed by atoms with E-state index >= 15 is 0 Å². The predicted octanol–water partition coefficient (Wildman–Crippen LogP) is 3.64. The minimum atomic E-state index is -0.650. The third kappa shape index (κ3) is 5.38. The van der Waals surface area contributed by atoms with Crippen LogP contribution in [0.1, 0.15) is 44.7 Å². The quantitative estimate of drug-likeness (QED) is 0.454. The Morgan fingerprint density at radius 1 is 1.16 bits per heavy atom. The Morgan fingerprint density at radius 2 is 1.95 bits per heavy atom. The van der Waals surface area contributed by atoms with E-state index in [-0.39, 0.29) is 24.2 Å². The summed E-state index contributed by atoms with van der Waals surface area (Å²) < 4.78 is 21.5. The van der Waals surface area contributed by atoms with Gasteiger partial charge >= 0.3 is 11.9 Å². The third-order valence-corrected chi connectivity index (χ3v) is 7.75. The van der Waals surface area contributed by atoms with Gasteiger partial charge in [0.1, 0.15) is 11.5 Å². The largest absolute Gasteiger partial charge is 0.497 e. The number of carbonyl (C=O) groups excluding carboxylic acids is 3. The van der Waals surface area contributed by atoms with Gasteiger partial charge in [0.2, 0.25) is 5.91 Å². The van der Waals surface area contributed by atoms with Crippen molar-refractivity contribution in [3.05, 3.63) is 46.1 Å². The first-order chi connectivity index (χ1) is 18.3. The average molecular weight is 544 g/mol. The highest BCUT2D eigenvalue weighted by Gasteiger charge is 2.43. The minimum absolute atomic E-state index is 0.0812. The van der Waals surface area contributed by atoms with Crippen molar-refractivity contribution in [2.75, 3.05) is 41.0 Å². The van der Waals surface area contributed by atoms with Crippen LogP contribution in [0.3, 0.4) is 0 Å². The van der Waals surface area contributed by atoms with E-state index in [0.717, 1.165) is 6.42 Å². The van der Waals surface area contributed by atoms with Crippen LogP contribution in [0.15, 0.2) is 45.6 Å². The number of allylic oxidation sites excluding steroid dienone is 1. The normalized spacial score (nSPS) is 20.9. The van der Waals surface area contributed by atoms with Gasteiger partial charge < -0.3 is 28.7 Å². The van der Waals surface area contributed by atoms with E-state index in [4.69, 9.17) is 18.9 Å². The molecule has 0 N–H and O–H groups in total. The molecule has 1 aromatic carbocycles. The fourth-order valence-electron chi connectivity index (χ4n) is 5.01. The van der Waals surface area contributed by atoms with Gasteiger partial charge in [0, 0.05) is 24.4 Å². The number of nitrogens with zero attached hydrogens (tertiary/aromatic N) is 3. The van der Waals surface area contributed by atoms with Gasteiger partial charge in [-0.3, -0.25) is 9.59 Å². The van der Waals surface area contributed by atoms with Crippen molar-refractivity contribution < 1.29 is 33.3 Å². The van der Waals surface area contributed by atoms with Gasteiger partial charge in [-0.15, -0.1) is 0 Å². The first-order valence-corrected chi connectivity index (χ1v) is 13.4. The zero-order valence-electron chi connectivity index (χ0n) is 22.3. The van der Waals surface area contributed by atoms with Crippen LogP contribution in [-0.2, 0) is 23.9 Å². The van der Waals surface area contributed by atoms with Crippen molar-refractivity contribution in [3.63, 3.8) is 0 Å². The number of hydrogen-bond acceptors (Lipinski definition) is 10. The number of benzene rings is 1. The zero-order valence-corrected chi connectivity index (χ0v) is 23.1. The number of rotatable bonds is 8. The summed E-state index contributed by atoms with van der Waals surface area (Å²) >= 11 is 1.39. The van der Waals surface area contributed by atoms with Crippen LogP contribution in [0.2, 0.25) is 0 Å². The number of likely N-dealkylation sites (tertiary alicyclic amines) is 1. The fourth-order valence-corrected chi connectivity index (χ4v) is 5.98. The molecule has 3 heterocycles. The summed E-state index contributed by atoms with van der Waals surface area (Å²) in [4.78, 5) is 47.1. The van der Waals surface area contributed by atoms with Crippen LogP contribution in [0.4, 0.5) is 0 Å². The van der Waals surface area contributed by atoms with Gasteiger partial charge in [-0.2, -0.15) is 0 Å². The predicted molar refractivity (Wildman–Crippen MR) is 143 cm³/mol. The lowest BCUT2D eigenvalue weighted by atomic mass is 9.92. The number of carbonyl (C=O) groups is 3. The number of amidine groups is 1. The van der Waals surface area contributed by atoms with E-state index in [1.807, 2.05) is 16.4 Å². The number of amides is 1. The molecule has 0 bridgehead atoms. The molecule has 204 valence electrons. The van der Waals surface area contributed by atoms with Gasteiger partial charge in [0.05, 0.1) is 57.6 Å². The second kappa shape index (κ2) is 11.9. The Balaban J connectivity index is 1.67. The average Bonchev–Trinajstić information content (AvgIpc) is 3.33. The van der Waals surface area contributed by atoms with E-state index in [0.29, 0.717) is 65.3 Å². The molecule has 0 aromatic heterocycles. The highest BCUT2D eigenvalue weighted by molar-refractivity contribution is 8.16. The molecule has 4 rings (SSSR count).